The minimum Gasteiger partial charge on any atom is -0.497 e. The fourth-order valence-electron chi connectivity index (χ4n) is 3.17. The van der Waals surface area contributed by atoms with Crippen molar-refractivity contribution >= 4 is 34.2 Å². The van der Waals surface area contributed by atoms with Gasteiger partial charge in [0, 0.05) is 34.8 Å². The number of rotatable bonds is 4. The largest absolute Gasteiger partial charge is 0.497 e. The van der Waals surface area contributed by atoms with E-state index in [1.807, 2.05) is 24.3 Å². The van der Waals surface area contributed by atoms with Crippen LogP contribution in [0.5, 0.6) is 5.75 Å². The van der Waals surface area contributed by atoms with Crippen LogP contribution in [0.2, 0.25) is 0 Å². The van der Waals surface area contributed by atoms with Gasteiger partial charge >= 0.3 is 0 Å². The normalized spacial score (nSPS) is 13.2. The number of fused-ring (bicyclic) bond motifs is 2. The zero-order chi connectivity index (χ0) is 18.1. The van der Waals surface area contributed by atoms with Crippen molar-refractivity contribution in [1.29, 1.82) is 0 Å². The third kappa shape index (κ3) is 3.13. The summed E-state index contributed by atoms with van der Waals surface area (Å²) in [7, 11) is 1.60. The van der Waals surface area contributed by atoms with Gasteiger partial charge in [-0.15, -0.1) is 0 Å². The highest BCUT2D eigenvalue weighted by Gasteiger charge is 2.16. The lowest BCUT2D eigenvalue weighted by atomic mass is 10.0. The molecule has 2 N–H and O–H groups in total. The number of ether oxygens (including phenoxy) is 1. The molecule has 0 spiro atoms. The maximum absolute atomic E-state index is 12.4. The van der Waals surface area contributed by atoms with Gasteiger partial charge < -0.3 is 19.8 Å². The molecule has 3 aromatic rings. The summed E-state index contributed by atoms with van der Waals surface area (Å²) in [5.41, 5.74) is 4.08. The van der Waals surface area contributed by atoms with Gasteiger partial charge in [0.1, 0.15) is 11.3 Å². The topological polar surface area (TPSA) is 80.6 Å². The van der Waals surface area contributed by atoms with Gasteiger partial charge in [-0.25, -0.2) is 0 Å². The number of carbonyl (C=O) groups excluding carboxylic acids is 2. The molecule has 4 rings (SSSR count). The van der Waals surface area contributed by atoms with Crippen LogP contribution in [0, 0.1) is 0 Å². The number of hydrogen-bond donors (Lipinski definition) is 2. The zero-order valence-corrected chi connectivity index (χ0v) is 14.3. The Morgan fingerprint density at radius 1 is 1.23 bits per heavy atom. The monoisotopic (exact) mass is 350 g/mol. The van der Waals surface area contributed by atoms with Crippen LogP contribution in [0.1, 0.15) is 17.5 Å². The number of nitrogens with one attached hydrogen (secondary N) is 2. The number of amides is 2. The summed E-state index contributed by atoms with van der Waals surface area (Å²) in [5.74, 6) is 0.616. The lowest BCUT2D eigenvalue weighted by molar-refractivity contribution is -0.117. The highest BCUT2D eigenvalue weighted by atomic mass is 16.5. The van der Waals surface area contributed by atoms with Crippen molar-refractivity contribution in [2.45, 2.75) is 19.3 Å². The Morgan fingerprint density at radius 2 is 2.12 bits per heavy atom. The van der Waals surface area contributed by atoms with Gasteiger partial charge in [0.2, 0.25) is 11.8 Å². The van der Waals surface area contributed by atoms with Crippen LogP contribution >= 0.6 is 0 Å². The molecule has 1 aliphatic rings. The summed E-state index contributed by atoms with van der Waals surface area (Å²) >= 11 is 0. The smallest absolute Gasteiger partial charge is 0.228 e. The first-order valence-electron chi connectivity index (χ1n) is 8.39. The first kappa shape index (κ1) is 16.2. The molecule has 0 atom stereocenters. The Bertz CT molecular complexity index is 1010. The molecule has 2 heterocycles. The molecule has 2 amide bonds. The fourth-order valence-corrected chi connectivity index (χ4v) is 3.17. The molecule has 0 saturated heterocycles. The van der Waals surface area contributed by atoms with Crippen LogP contribution in [0.25, 0.3) is 11.0 Å². The third-order valence-electron chi connectivity index (χ3n) is 4.50. The Hall–Kier alpha value is -3.28. The Labute approximate surface area is 150 Å². The van der Waals surface area contributed by atoms with Crippen LogP contribution in [0.3, 0.4) is 0 Å². The zero-order valence-electron chi connectivity index (χ0n) is 14.3. The maximum atomic E-state index is 12.4. The molecule has 0 unspecified atom stereocenters. The van der Waals surface area contributed by atoms with Gasteiger partial charge in [0.25, 0.3) is 0 Å². The molecule has 6 nitrogen and oxygen atoms in total. The Kier molecular flexibility index (Phi) is 4.08. The molecule has 2 aromatic carbocycles. The molecular formula is C20H18N2O4. The number of furan rings is 1. The number of aryl methyl sites for hydroxylation is 1. The average Bonchev–Trinajstić information content (AvgIpc) is 3.03. The van der Waals surface area contributed by atoms with Crippen molar-refractivity contribution in [2.75, 3.05) is 17.7 Å². The van der Waals surface area contributed by atoms with Crippen LogP contribution in [-0.4, -0.2) is 18.9 Å². The number of carbonyl (C=O) groups is 2. The molecule has 6 heteroatoms. The van der Waals surface area contributed by atoms with E-state index in [9.17, 15) is 9.59 Å². The van der Waals surface area contributed by atoms with Crippen molar-refractivity contribution < 1.29 is 18.7 Å². The van der Waals surface area contributed by atoms with Crippen LogP contribution < -0.4 is 15.4 Å². The first-order chi connectivity index (χ1) is 12.6. The van der Waals surface area contributed by atoms with Gasteiger partial charge in [0.05, 0.1) is 19.8 Å². The van der Waals surface area contributed by atoms with Crippen molar-refractivity contribution in [3.8, 4) is 5.75 Å². The lowest BCUT2D eigenvalue weighted by Gasteiger charge is -2.17. The van der Waals surface area contributed by atoms with E-state index in [2.05, 4.69) is 10.6 Å². The number of benzene rings is 2. The van der Waals surface area contributed by atoms with E-state index in [0.29, 0.717) is 24.2 Å². The van der Waals surface area contributed by atoms with Gasteiger partial charge in [-0.1, -0.05) is 0 Å². The molecular weight excluding hydrogens is 332 g/mol. The number of anilines is 2. The standard InChI is InChI=1S/C20H18N2O4/c1-25-15-4-5-16-13(11-26-18(16)10-15)9-20(24)21-14-3-6-17-12(8-14)2-7-19(23)22-17/h3-6,8,10-11H,2,7,9H2,1H3,(H,21,24)(H,22,23). The van der Waals surface area contributed by atoms with Crippen molar-refractivity contribution in [3.05, 3.63) is 53.8 Å². The van der Waals surface area contributed by atoms with E-state index in [-0.39, 0.29) is 18.2 Å². The minimum absolute atomic E-state index is 0.0257. The quantitative estimate of drug-likeness (QED) is 0.754. The predicted molar refractivity (Wildman–Crippen MR) is 98.5 cm³/mol. The second-order valence-corrected chi connectivity index (χ2v) is 6.27. The maximum Gasteiger partial charge on any atom is 0.228 e. The molecule has 1 aliphatic heterocycles. The lowest BCUT2D eigenvalue weighted by Crippen LogP contribution is -2.19. The predicted octanol–water partition coefficient (Wildman–Crippen LogP) is 3.51. The van der Waals surface area contributed by atoms with Gasteiger partial charge in [-0.3, -0.25) is 9.59 Å². The molecule has 0 aliphatic carbocycles. The Morgan fingerprint density at radius 3 is 2.96 bits per heavy atom. The summed E-state index contributed by atoms with van der Waals surface area (Å²) in [4.78, 5) is 23.8. The van der Waals surface area contributed by atoms with Gasteiger partial charge in [0.15, 0.2) is 0 Å². The highest BCUT2D eigenvalue weighted by molar-refractivity contribution is 5.97. The molecule has 26 heavy (non-hydrogen) atoms. The van der Waals surface area contributed by atoms with E-state index >= 15 is 0 Å². The molecule has 0 bridgehead atoms. The molecule has 132 valence electrons. The van der Waals surface area contributed by atoms with E-state index < -0.39 is 0 Å². The summed E-state index contributed by atoms with van der Waals surface area (Å²) in [6.07, 6.45) is 2.97. The van der Waals surface area contributed by atoms with Crippen LogP contribution in [0.15, 0.2) is 47.1 Å². The summed E-state index contributed by atoms with van der Waals surface area (Å²) < 4.78 is 10.7. The highest BCUT2D eigenvalue weighted by Crippen LogP contribution is 2.27. The first-order valence-corrected chi connectivity index (χ1v) is 8.39. The van der Waals surface area contributed by atoms with Crippen molar-refractivity contribution in [3.63, 3.8) is 0 Å². The van der Waals surface area contributed by atoms with Gasteiger partial charge in [-0.05, 0) is 42.3 Å². The van der Waals surface area contributed by atoms with Gasteiger partial charge in [-0.2, -0.15) is 0 Å². The number of hydrogen-bond acceptors (Lipinski definition) is 4. The second kappa shape index (κ2) is 6.55. The van der Waals surface area contributed by atoms with Crippen LogP contribution in [0.4, 0.5) is 11.4 Å². The summed E-state index contributed by atoms with van der Waals surface area (Å²) in [6, 6.07) is 11.1. The third-order valence-corrected chi connectivity index (χ3v) is 4.50. The van der Waals surface area contributed by atoms with E-state index in [1.54, 1.807) is 25.5 Å². The van der Waals surface area contributed by atoms with Crippen LogP contribution in [-0.2, 0) is 22.4 Å². The molecule has 0 saturated carbocycles. The molecule has 0 fully saturated rings. The minimum atomic E-state index is -0.122. The average molecular weight is 350 g/mol. The SMILES string of the molecule is COc1ccc2c(CC(=O)Nc3ccc4c(c3)CCC(=O)N4)coc2c1. The summed E-state index contributed by atoms with van der Waals surface area (Å²) in [5, 5.41) is 6.64. The van der Waals surface area contributed by atoms with E-state index in [0.717, 1.165) is 27.9 Å². The van der Waals surface area contributed by atoms with Crippen molar-refractivity contribution in [2.24, 2.45) is 0 Å². The summed E-state index contributed by atoms with van der Waals surface area (Å²) in [6.45, 7) is 0. The van der Waals surface area contributed by atoms with E-state index in [4.69, 9.17) is 9.15 Å². The van der Waals surface area contributed by atoms with E-state index in [1.165, 1.54) is 0 Å². The van der Waals surface area contributed by atoms with Crippen molar-refractivity contribution in [1.82, 2.24) is 0 Å². The Balaban J connectivity index is 1.48. The fraction of sp³-hybridized carbons (Fsp3) is 0.200. The molecule has 1 aromatic heterocycles. The second-order valence-electron chi connectivity index (χ2n) is 6.27. The number of methoxy groups -OCH3 is 1. The molecule has 0 radical (unpaired) electrons.